The van der Waals surface area contributed by atoms with Gasteiger partial charge >= 0.3 is 23.9 Å². The van der Waals surface area contributed by atoms with E-state index in [0.29, 0.717) is 24.2 Å². The standard InChI is InChI=1S/C66H94N10O12/c1-39(2)25-53-63(81)85-43(9)59(77)71(13)56(28-42(7)8)66(84)88-58(30-46-19-23-48(24-20-46)32-76-36-50-34-70(12)38-52(50)68-76)62(80)74(16)54(26-40(3)4)64(82)86-44(10)60(78)72(14)55(27-41(5)6)65(83)87-57(61(79)73(53)15)29-45-17-21-47(22-18-45)31-75-35-49-33-69(11)37-51(49)67-75/h17-24,35-36,39-44,53-58H,25-34,37-38H2,1-16H3/t43-,44-,53+,54+,55+,56+,57-,58-/m1/s1. The number of ether oxygens (including phenoxy) is 4. The van der Waals surface area contributed by atoms with E-state index in [-0.39, 0.29) is 62.2 Å². The summed E-state index contributed by atoms with van der Waals surface area (Å²) in [6, 6.07) is 9.82. The number of aromatic nitrogens is 4. The second-order valence-electron chi connectivity index (χ2n) is 26.4. The molecular weight excluding hydrogens is 1120 g/mol. The van der Waals surface area contributed by atoms with Gasteiger partial charge in [0, 0.05) is 90.7 Å². The van der Waals surface area contributed by atoms with Crippen LogP contribution in [0.5, 0.6) is 0 Å². The van der Waals surface area contributed by atoms with Crippen molar-refractivity contribution in [1.82, 2.24) is 49.0 Å². The van der Waals surface area contributed by atoms with Crippen LogP contribution in [-0.2, 0) is 109 Å². The molecule has 3 aliphatic rings. The van der Waals surface area contributed by atoms with E-state index in [1.807, 2.05) is 140 Å². The summed E-state index contributed by atoms with van der Waals surface area (Å²) in [4.78, 5) is 127. The maximum absolute atomic E-state index is 15.1. The van der Waals surface area contributed by atoms with Gasteiger partial charge in [-0.1, -0.05) is 104 Å². The Balaban J connectivity index is 1.23. The third-order valence-corrected chi connectivity index (χ3v) is 16.6. The van der Waals surface area contributed by atoms with Crippen molar-refractivity contribution >= 4 is 47.5 Å². The quantitative estimate of drug-likeness (QED) is 0.0919. The van der Waals surface area contributed by atoms with Crippen LogP contribution in [0.1, 0.15) is 140 Å². The lowest BCUT2D eigenvalue weighted by Crippen LogP contribution is -2.55. The number of likely N-dealkylation sites (N-methyl/N-ethyl adjacent to an activating group) is 4. The van der Waals surface area contributed by atoms with Crippen molar-refractivity contribution in [2.24, 2.45) is 23.7 Å². The second kappa shape index (κ2) is 29.7. The van der Waals surface area contributed by atoms with Crippen LogP contribution < -0.4 is 0 Å². The molecule has 22 nitrogen and oxygen atoms in total. The third kappa shape index (κ3) is 17.4. The molecule has 88 heavy (non-hydrogen) atoms. The molecule has 0 bridgehead atoms. The van der Waals surface area contributed by atoms with Crippen LogP contribution in [-0.4, -0.2) is 187 Å². The Morgan fingerprint density at radius 2 is 0.670 bits per heavy atom. The van der Waals surface area contributed by atoms with Crippen molar-refractivity contribution in [3.63, 3.8) is 0 Å². The zero-order chi connectivity index (χ0) is 64.6. The van der Waals surface area contributed by atoms with Crippen molar-refractivity contribution in [2.75, 3.05) is 42.3 Å². The molecule has 3 aliphatic heterocycles. The van der Waals surface area contributed by atoms with E-state index in [0.717, 1.165) is 58.5 Å². The minimum Gasteiger partial charge on any atom is -0.451 e. The molecule has 0 saturated carbocycles. The number of carbonyl (C=O) groups excluding carboxylic acids is 8. The maximum atomic E-state index is 15.1. The lowest BCUT2D eigenvalue weighted by molar-refractivity contribution is -0.176. The summed E-state index contributed by atoms with van der Waals surface area (Å²) < 4.78 is 28.2. The summed E-state index contributed by atoms with van der Waals surface area (Å²) in [5.41, 5.74) is 7.55. The topological polar surface area (TPSA) is 229 Å². The number of cyclic esters (lactones) is 4. The summed E-state index contributed by atoms with van der Waals surface area (Å²) in [6.45, 7) is 21.8. The fourth-order valence-corrected chi connectivity index (χ4v) is 11.7. The SMILES string of the molecule is CC(C)C[C@H]1C(=O)O[C@H](Cc2ccc(Cn3cc4c(n3)CN(C)C4)cc2)C(=O)N(C)[C@@H](CC(C)C)C(=O)O[C@H](C)C(=O)N(C)[C@@H](CC(C)C)C(=O)O[C@H](Cc2ccc(Cn3cc4c(n3)CN(C)C4)cc2)C(=O)N(C)[C@@H](CC(C)C)C(=O)O[C@H](C)C(=O)N1C. The monoisotopic (exact) mass is 1220 g/mol. The van der Waals surface area contributed by atoms with E-state index in [9.17, 15) is 28.8 Å². The summed E-state index contributed by atoms with van der Waals surface area (Å²) in [5.74, 6) is -7.39. The number of fused-ring (bicyclic) bond motifs is 2. The van der Waals surface area contributed by atoms with Gasteiger partial charge in [-0.25, -0.2) is 19.2 Å². The Morgan fingerprint density at radius 1 is 0.398 bits per heavy atom. The average molecular weight is 1220 g/mol. The number of esters is 4. The molecule has 22 heteroatoms. The van der Waals surface area contributed by atoms with Crippen molar-refractivity contribution < 1.29 is 57.3 Å². The summed E-state index contributed by atoms with van der Waals surface area (Å²) in [7, 11) is 9.71. The molecule has 7 rings (SSSR count). The molecule has 1 fully saturated rings. The Bertz CT molecular complexity index is 2850. The van der Waals surface area contributed by atoms with Crippen LogP contribution >= 0.6 is 0 Å². The van der Waals surface area contributed by atoms with E-state index in [1.165, 1.54) is 63.0 Å². The lowest BCUT2D eigenvalue weighted by Gasteiger charge is -2.35. The predicted octanol–water partition coefficient (Wildman–Crippen LogP) is 6.05. The minimum atomic E-state index is -1.53. The zero-order valence-electron chi connectivity index (χ0n) is 54.6. The van der Waals surface area contributed by atoms with Crippen LogP contribution in [0, 0.1) is 23.7 Å². The summed E-state index contributed by atoms with van der Waals surface area (Å²) >= 11 is 0. The van der Waals surface area contributed by atoms with Gasteiger partial charge in [-0.2, -0.15) is 10.2 Å². The van der Waals surface area contributed by atoms with Crippen molar-refractivity contribution in [3.8, 4) is 0 Å². The highest BCUT2D eigenvalue weighted by atomic mass is 16.6. The first kappa shape index (κ1) is 68.0. The van der Waals surface area contributed by atoms with Crippen molar-refractivity contribution in [3.05, 3.63) is 106 Å². The van der Waals surface area contributed by atoms with Crippen LogP contribution in [0.25, 0.3) is 0 Å². The number of carbonyl (C=O) groups is 8. The highest BCUT2D eigenvalue weighted by molar-refractivity contribution is 5.94. The van der Waals surface area contributed by atoms with E-state index in [2.05, 4.69) is 9.80 Å². The number of hydrogen-bond donors (Lipinski definition) is 0. The molecule has 8 atom stereocenters. The highest BCUT2D eigenvalue weighted by Crippen LogP contribution is 2.27. The van der Waals surface area contributed by atoms with Gasteiger partial charge in [0.2, 0.25) is 0 Å². The van der Waals surface area contributed by atoms with E-state index in [4.69, 9.17) is 29.1 Å². The van der Waals surface area contributed by atoms with Gasteiger partial charge in [0.15, 0.2) is 24.4 Å². The molecule has 0 spiro atoms. The summed E-state index contributed by atoms with van der Waals surface area (Å²) in [6.07, 6.45) is -1.88. The maximum Gasteiger partial charge on any atom is 0.329 e. The Morgan fingerprint density at radius 3 is 0.955 bits per heavy atom. The van der Waals surface area contributed by atoms with Gasteiger partial charge in [0.05, 0.1) is 24.5 Å². The zero-order valence-corrected chi connectivity index (χ0v) is 54.6. The number of rotatable bonds is 16. The van der Waals surface area contributed by atoms with E-state index < -0.39 is 96.1 Å². The molecule has 0 N–H and O–H groups in total. The molecule has 2 aromatic heterocycles. The molecule has 0 aliphatic carbocycles. The normalized spacial score (nSPS) is 24.0. The van der Waals surface area contributed by atoms with Gasteiger partial charge in [-0.15, -0.1) is 0 Å². The molecule has 0 unspecified atom stereocenters. The van der Waals surface area contributed by atoms with Gasteiger partial charge in [0.25, 0.3) is 23.6 Å². The number of hydrogen-bond acceptors (Lipinski definition) is 16. The van der Waals surface area contributed by atoms with Crippen LogP contribution in [0.3, 0.4) is 0 Å². The average Bonchev–Trinajstić information content (AvgIpc) is 2.74. The Labute approximate surface area is 519 Å². The number of nitrogens with zero attached hydrogens (tertiary/aromatic N) is 10. The molecular formula is C66H94N10O12. The molecule has 0 radical (unpaired) electrons. The number of amides is 4. The molecule has 2 aromatic carbocycles. The third-order valence-electron chi connectivity index (χ3n) is 16.6. The van der Waals surface area contributed by atoms with E-state index in [1.54, 1.807) is 0 Å². The van der Waals surface area contributed by atoms with E-state index >= 15 is 9.59 Å². The second-order valence-corrected chi connectivity index (χ2v) is 26.4. The molecule has 4 amide bonds. The molecule has 1 saturated heterocycles. The first-order chi connectivity index (χ1) is 41.5. The van der Waals surface area contributed by atoms with Gasteiger partial charge in [-0.05, 0) is 99.6 Å². The fraction of sp³-hybridized carbons (Fsp3) is 0.606. The van der Waals surface area contributed by atoms with Gasteiger partial charge in [-0.3, -0.25) is 38.3 Å². The number of benzene rings is 2. The van der Waals surface area contributed by atoms with Crippen molar-refractivity contribution in [1.29, 1.82) is 0 Å². The molecule has 5 heterocycles. The van der Waals surface area contributed by atoms with Gasteiger partial charge in [0.1, 0.15) is 24.2 Å². The molecule has 4 aromatic rings. The fourth-order valence-electron chi connectivity index (χ4n) is 11.7. The largest absolute Gasteiger partial charge is 0.451 e. The van der Waals surface area contributed by atoms with Crippen LogP contribution in [0.2, 0.25) is 0 Å². The van der Waals surface area contributed by atoms with Crippen molar-refractivity contribution in [2.45, 2.75) is 196 Å². The highest BCUT2D eigenvalue weighted by Gasteiger charge is 2.43. The summed E-state index contributed by atoms with van der Waals surface area (Å²) in [5, 5.41) is 9.53. The Kier molecular flexibility index (Phi) is 23.0. The lowest BCUT2D eigenvalue weighted by atomic mass is 9.99. The minimum absolute atomic E-state index is 0.0844. The predicted molar refractivity (Wildman–Crippen MR) is 328 cm³/mol. The molecule has 480 valence electrons. The Hall–Kier alpha value is -7.46. The first-order valence-electron chi connectivity index (χ1n) is 31.0. The first-order valence-corrected chi connectivity index (χ1v) is 31.0. The van der Waals surface area contributed by atoms with Gasteiger partial charge < -0.3 is 38.5 Å². The van der Waals surface area contributed by atoms with Crippen LogP contribution in [0.15, 0.2) is 60.9 Å². The van der Waals surface area contributed by atoms with Crippen LogP contribution in [0.4, 0.5) is 0 Å². The smallest absolute Gasteiger partial charge is 0.329 e.